The number of rotatable bonds is 10. The number of aliphatic imine (C=N–C) groups is 1. The lowest BCUT2D eigenvalue weighted by molar-refractivity contribution is 0.271. The van der Waals surface area contributed by atoms with Crippen LogP contribution in [0.15, 0.2) is 4.99 Å². The second-order valence-corrected chi connectivity index (χ2v) is 5.15. The van der Waals surface area contributed by atoms with Crippen molar-refractivity contribution < 1.29 is 0 Å². The summed E-state index contributed by atoms with van der Waals surface area (Å²) in [5, 5.41) is 6.77. The first-order chi connectivity index (χ1) is 9.17. The van der Waals surface area contributed by atoms with Gasteiger partial charge in [-0.1, -0.05) is 20.8 Å². The van der Waals surface area contributed by atoms with E-state index in [9.17, 15) is 0 Å². The van der Waals surface area contributed by atoms with Crippen LogP contribution in [0.25, 0.3) is 0 Å². The fraction of sp³-hybridized carbons (Fsp3) is 0.933. The second-order valence-electron chi connectivity index (χ2n) is 5.15. The van der Waals surface area contributed by atoms with Gasteiger partial charge in [0.15, 0.2) is 5.96 Å². The maximum Gasteiger partial charge on any atom is 0.191 e. The van der Waals surface area contributed by atoms with E-state index < -0.39 is 0 Å². The molecule has 0 aromatic carbocycles. The second kappa shape index (κ2) is 12.3. The molecule has 0 aromatic rings. The van der Waals surface area contributed by atoms with E-state index in [0.717, 1.165) is 18.9 Å². The molecule has 0 spiro atoms. The molecule has 114 valence electrons. The van der Waals surface area contributed by atoms with Gasteiger partial charge in [0.1, 0.15) is 0 Å². The van der Waals surface area contributed by atoms with Crippen molar-refractivity contribution in [3.63, 3.8) is 0 Å². The average Bonchev–Trinajstić information content (AvgIpc) is 2.42. The Morgan fingerprint density at radius 1 is 1.11 bits per heavy atom. The first-order valence-corrected chi connectivity index (χ1v) is 7.87. The summed E-state index contributed by atoms with van der Waals surface area (Å²) in [7, 11) is 1.83. The van der Waals surface area contributed by atoms with Crippen molar-refractivity contribution in [2.75, 3.05) is 33.2 Å². The zero-order chi connectivity index (χ0) is 14.5. The van der Waals surface area contributed by atoms with Gasteiger partial charge in [-0.3, -0.25) is 4.99 Å². The average molecular weight is 270 g/mol. The van der Waals surface area contributed by atoms with E-state index in [1.165, 1.54) is 38.9 Å². The molecule has 0 heterocycles. The van der Waals surface area contributed by atoms with Crippen molar-refractivity contribution in [2.24, 2.45) is 4.99 Å². The molecule has 0 aliphatic heterocycles. The summed E-state index contributed by atoms with van der Waals surface area (Å²) >= 11 is 0. The molecule has 0 saturated carbocycles. The number of nitrogens with one attached hydrogen (secondary N) is 2. The van der Waals surface area contributed by atoms with E-state index in [4.69, 9.17) is 0 Å². The molecule has 0 aliphatic rings. The molecular formula is C15H34N4. The molecule has 0 rings (SSSR count). The van der Waals surface area contributed by atoms with Crippen LogP contribution in [0.5, 0.6) is 0 Å². The van der Waals surface area contributed by atoms with Gasteiger partial charge in [0.2, 0.25) is 0 Å². The lowest BCUT2D eigenvalue weighted by Crippen LogP contribution is -2.42. The summed E-state index contributed by atoms with van der Waals surface area (Å²) in [4.78, 5) is 6.79. The molecule has 4 heteroatoms. The van der Waals surface area contributed by atoms with Crippen LogP contribution in [0.2, 0.25) is 0 Å². The summed E-state index contributed by atoms with van der Waals surface area (Å²) in [5.74, 6) is 0.923. The fourth-order valence-electron chi connectivity index (χ4n) is 2.01. The van der Waals surface area contributed by atoms with Crippen LogP contribution in [0.1, 0.15) is 53.4 Å². The van der Waals surface area contributed by atoms with Gasteiger partial charge >= 0.3 is 0 Å². The third-order valence-corrected chi connectivity index (χ3v) is 3.24. The van der Waals surface area contributed by atoms with Crippen LogP contribution < -0.4 is 10.6 Å². The Morgan fingerprint density at radius 2 is 1.74 bits per heavy atom. The molecule has 1 atom stereocenters. The highest BCUT2D eigenvalue weighted by Gasteiger charge is 2.04. The van der Waals surface area contributed by atoms with Crippen LogP contribution in [0.4, 0.5) is 0 Å². The smallest absolute Gasteiger partial charge is 0.191 e. The standard InChI is InChI=1S/C15H34N4/c1-6-11-19(12-7-2)13-9-10-17-15(16-5)18-14(4)8-3/h14H,6-13H2,1-5H3,(H2,16,17,18). The van der Waals surface area contributed by atoms with Gasteiger partial charge in [-0.05, 0) is 52.2 Å². The number of guanidine groups is 1. The predicted octanol–water partition coefficient (Wildman–Crippen LogP) is 2.46. The SMILES string of the molecule is CCCN(CCC)CCCNC(=NC)NC(C)CC. The highest BCUT2D eigenvalue weighted by atomic mass is 15.2. The highest BCUT2D eigenvalue weighted by Crippen LogP contribution is 1.95. The zero-order valence-corrected chi connectivity index (χ0v) is 13.6. The molecule has 0 radical (unpaired) electrons. The predicted molar refractivity (Wildman–Crippen MR) is 85.9 cm³/mol. The van der Waals surface area contributed by atoms with Crippen molar-refractivity contribution in [1.29, 1.82) is 0 Å². The normalized spacial score (nSPS) is 13.7. The first kappa shape index (κ1) is 18.2. The van der Waals surface area contributed by atoms with Gasteiger partial charge in [-0.2, -0.15) is 0 Å². The minimum atomic E-state index is 0.475. The summed E-state index contributed by atoms with van der Waals surface area (Å²) in [5.41, 5.74) is 0. The van der Waals surface area contributed by atoms with Gasteiger partial charge in [0.25, 0.3) is 0 Å². The largest absolute Gasteiger partial charge is 0.356 e. The third kappa shape index (κ3) is 9.77. The third-order valence-electron chi connectivity index (χ3n) is 3.24. The van der Waals surface area contributed by atoms with Crippen LogP contribution in [-0.2, 0) is 0 Å². The lowest BCUT2D eigenvalue weighted by Gasteiger charge is -2.21. The summed E-state index contributed by atoms with van der Waals surface area (Å²) in [6.07, 6.45) is 4.76. The van der Waals surface area contributed by atoms with Gasteiger partial charge in [-0.25, -0.2) is 0 Å². The number of hydrogen-bond donors (Lipinski definition) is 2. The molecule has 0 aromatic heterocycles. The summed E-state index contributed by atoms with van der Waals surface area (Å²) in [6, 6.07) is 0.475. The minimum absolute atomic E-state index is 0.475. The molecular weight excluding hydrogens is 236 g/mol. The molecule has 0 fully saturated rings. The molecule has 0 saturated heterocycles. The van der Waals surface area contributed by atoms with E-state index in [1.54, 1.807) is 0 Å². The van der Waals surface area contributed by atoms with Crippen molar-refractivity contribution in [1.82, 2.24) is 15.5 Å². The highest BCUT2D eigenvalue weighted by molar-refractivity contribution is 5.79. The van der Waals surface area contributed by atoms with Gasteiger partial charge in [-0.15, -0.1) is 0 Å². The number of nitrogens with zero attached hydrogens (tertiary/aromatic N) is 2. The number of hydrogen-bond acceptors (Lipinski definition) is 2. The molecule has 0 amide bonds. The van der Waals surface area contributed by atoms with Crippen LogP contribution in [-0.4, -0.2) is 50.1 Å². The molecule has 0 aliphatic carbocycles. The van der Waals surface area contributed by atoms with E-state index >= 15 is 0 Å². The minimum Gasteiger partial charge on any atom is -0.356 e. The Balaban J connectivity index is 3.80. The molecule has 4 nitrogen and oxygen atoms in total. The van der Waals surface area contributed by atoms with Crippen molar-refractivity contribution in [3.05, 3.63) is 0 Å². The van der Waals surface area contributed by atoms with Crippen LogP contribution in [0.3, 0.4) is 0 Å². The topological polar surface area (TPSA) is 39.7 Å². The maximum absolute atomic E-state index is 4.25. The Kier molecular flexibility index (Phi) is 11.8. The maximum atomic E-state index is 4.25. The van der Waals surface area contributed by atoms with Crippen LogP contribution in [0, 0.1) is 0 Å². The summed E-state index contributed by atoms with van der Waals surface area (Å²) < 4.78 is 0. The van der Waals surface area contributed by atoms with Crippen molar-refractivity contribution in [2.45, 2.75) is 59.4 Å². The van der Waals surface area contributed by atoms with Crippen molar-refractivity contribution in [3.8, 4) is 0 Å². The van der Waals surface area contributed by atoms with E-state index in [2.05, 4.69) is 48.2 Å². The van der Waals surface area contributed by atoms with Crippen molar-refractivity contribution >= 4 is 5.96 Å². The molecule has 0 bridgehead atoms. The quantitative estimate of drug-likeness (QED) is 0.364. The first-order valence-electron chi connectivity index (χ1n) is 7.87. The zero-order valence-electron chi connectivity index (χ0n) is 13.6. The summed E-state index contributed by atoms with van der Waals surface area (Å²) in [6.45, 7) is 13.4. The van der Waals surface area contributed by atoms with E-state index in [-0.39, 0.29) is 0 Å². The van der Waals surface area contributed by atoms with Gasteiger partial charge in [0, 0.05) is 19.6 Å². The van der Waals surface area contributed by atoms with Gasteiger partial charge < -0.3 is 15.5 Å². The molecule has 1 unspecified atom stereocenters. The Morgan fingerprint density at radius 3 is 2.21 bits per heavy atom. The Labute approximate surface area is 120 Å². The lowest BCUT2D eigenvalue weighted by atomic mass is 10.3. The monoisotopic (exact) mass is 270 g/mol. The van der Waals surface area contributed by atoms with Gasteiger partial charge in [0.05, 0.1) is 0 Å². The van der Waals surface area contributed by atoms with E-state index in [1.807, 2.05) is 7.05 Å². The molecule has 19 heavy (non-hydrogen) atoms. The Hall–Kier alpha value is -0.770. The Bertz CT molecular complexity index is 222. The molecule has 2 N–H and O–H groups in total. The van der Waals surface area contributed by atoms with Crippen LogP contribution >= 0.6 is 0 Å². The van der Waals surface area contributed by atoms with E-state index in [0.29, 0.717) is 6.04 Å². The fourth-order valence-corrected chi connectivity index (χ4v) is 2.01.